The summed E-state index contributed by atoms with van der Waals surface area (Å²) >= 11 is 0. The summed E-state index contributed by atoms with van der Waals surface area (Å²) in [5.74, 6) is -0.270. The van der Waals surface area contributed by atoms with Gasteiger partial charge in [-0.1, -0.05) is 0 Å². The molecule has 0 aliphatic carbocycles. The molecule has 1 rings (SSSR count). The predicted octanol–water partition coefficient (Wildman–Crippen LogP) is 1.08. The molecule has 0 saturated heterocycles. The maximum absolute atomic E-state index is 11.6. The Kier molecular flexibility index (Phi) is 3.33. The fraction of sp³-hybridized carbons (Fsp3) is 0.333. The number of amides is 1. The van der Waals surface area contributed by atoms with Crippen molar-refractivity contribution in [3.63, 3.8) is 0 Å². The van der Waals surface area contributed by atoms with Gasteiger partial charge in [-0.3, -0.25) is 19.9 Å². The van der Waals surface area contributed by atoms with Crippen LogP contribution in [0, 0.1) is 10.1 Å². The molecule has 0 unspecified atom stereocenters. The molecule has 1 amide bonds. The number of hydrogen-bond donors (Lipinski definition) is 0. The van der Waals surface area contributed by atoms with E-state index < -0.39 is 4.92 Å². The third kappa shape index (κ3) is 2.49. The largest absolute Gasteiger partial charge is 0.342 e. The molecule has 1 heterocycles. The molecule has 0 atom stereocenters. The normalized spacial score (nSPS) is 9.73. The van der Waals surface area contributed by atoms with Crippen LogP contribution in [-0.2, 0) is 0 Å². The van der Waals surface area contributed by atoms with Gasteiger partial charge in [0.05, 0.1) is 10.5 Å². The highest BCUT2D eigenvalue weighted by Gasteiger charge is 2.14. The number of pyridine rings is 1. The monoisotopic (exact) mass is 209 g/mol. The van der Waals surface area contributed by atoms with Crippen LogP contribution in [0.4, 0.5) is 5.69 Å². The zero-order chi connectivity index (χ0) is 11.4. The first-order valence-electron chi connectivity index (χ1n) is 4.41. The third-order valence-corrected chi connectivity index (χ3v) is 2.00. The van der Waals surface area contributed by atoms with E-state index in [9.17, 15) is 14.9 Å². The molecule has 1 aromatic rings. The number of aromatic nitrogens is 1. The van der Waals surface area contributed by atoms with E-state index >= 15 is 0 Å². The van der Waals surface area contributed by atoms with E-state index in [2.05, 4.69) is 4.98 Å². The standard InChI is InChI=1S/C9H11N3O3/c1-3-11(2)9(13)7-4-8(12(14)15)6-10-5-7/h4-6H,3H2,1-2H3. The molecule has 0 fully saturated rings. The third-order valence-electron chi connectivity index (χ3n) is 2.00. The molecule has 0 aliphatic heterocycles. The van der Waals surface area contributed by atoms with Crippen LogP contribution in [0.3, 0.4) is 0 Å². The number of hydrogen-bond acceptors (Lipinski definition) is 4. The average molecular weight is 209 g/mol. The summed E-state index contributed by atoms with van der Waals surface area (Å²) in [4.78, 5) is 26.6. The van der Waals surface area contributed by atoms with Gasteiger partial charge in [-0.05, 0) is 6.92 Å². The number of nitro groups is 1. The number of carbonyl (C=O) groups excluding carboxylic acids is 1. The summed E-state index contributed by atoms with van der Waals surface area (Å²) in [6.07, 6.45) is 2.43. The summed E-state index contributed by atoms with van der Waals surface area (Å²) in [6, 6.07) is 1.22. The van der Waals surface area contributed by atoms with Crippen molar-refractivity contribution in [2.75, 3.05) is 13.6 Å². The van der Waals surface area contributed by atoms with Crippen LogP contribution in [-0.4, -0.2) is 34.3 Å². The molecular formula is C9H11N3O3. The molecule has 0 radical (unpaired) electrons. The molecule has 80 valence electrons. The van der Waals surface area contributed by atoms with Crippen molar-refractivity contribution >= 4 is 11.6 Å². The maximum Gasteiger partial charge on any atom is 0.288 e. The van der Waals surface area contributed by atoms with E-state index in [0.717, 1.165) is 6.20 Å². The summed E-state index contributed by atoms with van der Waals surface area (Å²) < 4.78 is 0. The van der Waals surface area contributed by atoms with Crippen molar-refractivity contribution in [2.45, 2.75) is 6.92 Å². The number of nitrogens with zero attached hydrogens (tertiary/aromatic N) is 3. The molecule has 6 nitrogen and oxygen atoms in total. The zero-order valence-corrected chi connectivity index (χ0v) is 8.51. The maximum atomic E-state index is 11.6. The minimum absolute atomic E-state index is 0.176. The van der Waals surface area contributed by atoms with Crippen molar-refractivity contribution in [1.82, 2.24) is 9.88 Å². The Morgan fingerprint density at radius 2 is 2.27 bits per heavy atom. The van der Waals surface area contributed by atoms with Crippen molar-refractivity contribution in [2.24, 2.45) is 0 Å². The fourth-order valence-electron chi connectivity index (χ4n) is 1.01. The Balaban J connectivity index is 3.00. The van der Waals surface area contributed by atoms with Crippen LogP contribution >= 0.6 is 0 Å². The van der Waals surface area contributed by atoms with Gasteiger partial charge in [-0.2, -0.15) is 0 Å². The van der Waals surface area contributed by atoms with Gasteiger partial charge in [0.2, 0.25) is 0 Å². The van der Waals surface area contributed by atoms with Gasteiger partial charge in [-0.25, -0.2) is 0 Å². The molecular weight excluding hydrogens is 198 g/mol. The lowest BCUT2D eigenvalue weighted by atomic mass is 10.2. The van der Waals surface area contributed by atoms with E-state index in [1.807, 2.05) is 6.92 Å². The summed E-state index contributed by atoms with van der Waals surface area (Å²) in [7, 11) is 1.63. The predicted molar refractivity (Wildman–Crippen MR) is 53.5 cm³/mol. The van der Waals surface area contributed by atoms with Gasteiger partial charge < -0.3 is 4.90 Å². The lowest BCUT2D eigenvalue weighted by molar-refractivity contribution is -0.385. The summed E-state index contributed by atoms with van der Waals surface area (Å²) in [5.41, 5.74) is 0.0545. The van der Waals surface area contributed by atoms with E-state index in [1.54, 1.807) is 7.05 Å². The van der Waals surface area contributed by atoms with E-state index in [4.69, 9.17) is 0 Å². The van der Waals surface area contributed by atoms with Crippen LogP contribution in [0.25, 0.3) is 0 Å². The highest BCUT2D eigenvalue weighted by atomic mass is 16.6. The van der Waals surface area contributed by atoms with Crippen molar-refractivity contribution in [3.05, 3.63) is 34.1 Å². The molecule has 0 aliphatic rings. The molecule has 15 heavy (non-hydrogen) atoms. The Hall–Kier alpha value is -1.98. The molecule has 0 aromatic carbocycles. The highest BCUT2D eigenvalue weighted by Crippen LogP contribution is 2.12. The zero-order valence-electron chi connectivity index (χ0n) is 8.51. The Morgan fingerprint density at radius 1 is 1.60 bits per heavy atom. The lowest BCUT2D eigenvalue weighted by Gasteiger charge is -2.13. The Bertz CT molecular complexity index is 392. The van der Waals surface area contributed by atoms with Crippen LogP contribution in [0.2, 0.25) is 0 Å². The van der Waals surface area contributed by atoms with E-state index in [-0.39, 0.29) is 17.2 Å². The van der Waals surface area contributed by atoms with Gasteiger partial charge in [0.15, 0.2) is 0 Å². The van der Waals surface area contributed by atoms with Crippen molar-refractivity contribution in [3.8, 4) is 0 Å². The second-order valence-corrected chi connectivity index (χ2v) is 3.01. The topological polar surface area (TPSA) is 76.3 Å². The van der Waals surface area contributed by atoms with Crippen molar-refractivity contribution < 1.29 is 9.72 Å². The molecule has 1 aromatic heterocycles. The van der Waals surface area contributed by atoms with E-state index in [0.29, 0.717) is 6.54 Å². The molecule has 0 spiro atoms. The van der Waals surface area contributed by atoms with Crippen LogP contribution in [0.1, 0.15) is 17.3 Å². The minimum Gasteiger partial charge on any atom is -0.342 e. The Labute approximate surface area is 86.7 Å². The van der Waals surface area contributed by atoms with E-state index in [1.165, 1.54) is 17.2 Å². The second-order valence-electron chi connectivity index (χ2n) is 3.01. The molecule has 0 N–H and O–H groups in total. The summed E-state index contributed by atoms with van der Waals surface area (Å²) in [6.45, 7) is 2.37. The number of rotatable bonds is 3. The van der Waals surface area contributed by atoms with Gasteiger partial charge in [0.25, 0.3) is 11.6 Å². The fourth-order valence-corrected chi connectivity index (χ4v) is 1.01. The first-order chi connectivity index (χ1) is 7.06. The first-order valence-corrected chi connectivity index (χ1v) is 4.41. The lowest BCUT2D eigenvalue weighted by Crippen LogP contribution is -2.26. The van der Waals surface area contributed by atoms with Gasteiger partial charge in [-0.15, -0.1) is 0 Å². The highest BCUT2D eigenvalue weighted by molar-refractivity contribution is 5.94. The van der Waals surface area contributed by atoms with Gasteiger partial charge in [0.1, 0.15) is 6.20 Å². The number of carbonyl (C=O) groups is 1. The quantitative estimate of drug-likeness (QED) is 0.551. The molecule has 0 saturated carbocycles. The van der Waals surface area contributed by atoms with Crippen LogP contribution in [0.15, 0.2) is 18.5 Å². The minimum atomic E-state index is -0.574. The Morgan fingerprint density at radius 3 is 2.80 bits per heavy atom. The molecule has 6 heteroatoms. The second kappa shape index (κ2) is 4.50. The summed E-state index contributed by atoms with van der Waals surface area (Å²) in [5, 5.41) is 10.5. The SMILES string of the molecule is CCN(C)C(=O)c1cncc([N+](=O)[O-])c1. The smallest absolute Gasteiger partial charge is 0.288 e. The van der Waals surface area contributed by atoms with Crippen LogP contribution < -0.4 is 0 Å². The van der Waals surface area contributed by atoms with Gasteiger partial charge in [0, 0.05) is 25.9 Å². The van der Waals surface area contributed by atoms with Gasteiger partial charge >= 0.3 is 0 Å². The average Bonchev–Trinajstić information content (AvgIpc) is 2.27. The molecule has 0 bridgehead atoms. The van der Waals surface area contributed by atoms with Crippen LogP contribution in [0.5, 0.6) is 0 Å². The van der Waals surface area contributed by atoms with Crippen molar-refractivity contribution in [1.29, 1.82) is 0 Å². The first kappa shape index (κ1) is 11.1.